The lowest BCUT2D eigenvalue weighted by Crippen LogP contribution is -2.05. The Morgan fingerprint density at radius 1 is 1.22 bits per heavy atom. The van der Waals surface area contributed by atoms with Crippen molar-refractivity contribution in [3.63, 3.8) is 0 Å². The molecule has 7 heteroatoms. The van der Waals surface area contributed by atoms with E-state index in [9.17, 15) is 13.2 Å². The molecule has 18 heavy (non-hydrogen) atoms. The van der Waals surface area contributed by atoms with Gasteiger partial charge in [0.1, 0.15) is 0 Å². The maximum absolute atomic E-state index is 12.4. The van der Waals surface area contributed by atoms with Gasteiger partial charge in [0.2, 0.25) is 0 Å². The molecule has 2 aromatic rings. The largest absolute Gasteiger partial charge is 0.419 e. The lowest BCUT2D eigenvalue weighted by atomic mass is 10.2. The zero-order valence-electron chi connectivity index (χ0n) is 9.35. The van der Waals surface area contributed by atoms with Gasteiger partial charge >= 0.3 is 6.18 Å². The molecule has 96 valence electrons. The summed E-state index contributed by atoms with van der Waals surface area (Å²) >= 11 is 0. The molecular formula is C11H11F3N4. The Morgan fingerprint density at radius 2 is 2.00 bits per heavy atom. The highest BCUT2D eigenvalue weighted by molar-refractivity contribution is 5.15. The molecule has 0 aromatic carbocycles. The highest BCUT2D eigenvalue weighted by Gasteiger charge is 2.32. The second-order valence-electron chi connectivity index (χ2n) is 3.79. The summed E-state index contributed by atoms with van der Waals surface area (Å²) in [6, 6.07) is 3.51. The minimum absolute atomic E-state index is 0.195. The van der Waals surface area contributed by atoms with Gasteiger partial charge in [-0.2, -0.15) is 18.3 Å². The summed E-state index contributed by atoms with van der Waals surface area (Å²) in [5, 5.41) is 3.65. The van der Waals surface area contributed by atoms with Crippen molar-refractivity contribution in [2.24, 2.45) is 5.73 Å². The first-order chi connectivity index (χ1) is 8.49. The topological polar surface area (TPSA) is 56.7 Å². The molecule has 0 spiro atoms. The summed E-state index contributed by atoms with van der Waals surface area (Å²) in [4.78, 5) is 4.09. The number of hydrogen-bond acceptors (Lipinski definition) is 3. The molecule has 0 aliphatic heterocycles. The molecule has 2 rings (SSSR count). The molecule has 0 aliphatic carbocycles. The van der Waals surface area contributed by atoms with Gasteiger partial charge in [-0.1, -0.05) is 6.07 Å². The number of rotatable bonds is 3. The summed E-state index contributed by atoms with van der Waals surface area (Å²) in [6.45, 7) is 0.578. The van der Waals surface area contributed by atoms with Crippen LogP contribution in [0.4, 0.5) is 13.2 Å². The Morgan fingerprint density at radius 3 is 2.50 bits per heavy atom. The fourth-order valence-electron chi connectivity index (χ4n) is 1.43. The summed E-state index contributed by atoms with van der Waals surface area (Å²) < 4.78 is 38.3. The van der Waals surface area contributed by atoms with E-state index in [2.05, 4.69) is 10.1 Å². The number of halogens is 3. The predicted molar refractivity (Wildman–Crippen MR) is 58.5 cm³/mol. The second kappa shape index (κ2) is 4.77. The highest BCUT2D eigenvalue weighted by Crippen LogP contribution is 2.28. The first-order valence-corrected chi connectivity index (χ1v) is 5.22. The van der Waals surface area contributed by atoms with Gasteiger partial charge in [-0.15, -0.1) is 0 Å². The van der Waals surface area contributed by atoms with Gasteiger partial charge in [0.25, 0.3) is 0 Å². The van der Waals surface area contributed by atoms with Crippen molar-refractivity contribution in [3.05, 3.63) is 47.5 Å². The fraction of sp³-hybridized carbons (Fsp3) is 0.273. The first kappa shape index (κ1) is 12.6. The Kier molecular flexibility index (Phi) is 3.33. The molecule has 2 heterocycles. The third kappa shape index (κ3) is 2.86. The van der Waals surface area contributed by atoms with Gasteiger partial charge in [-0.05, 0) is 11.6 Å². The summed E-state index contributed by atoms with van der Waals surface area (Å²) in [5.74, 6) is 0. The quantitative estimate of drug-likeness (QED) is 0.911. The third-order valence-electron chi connectivity index (χ3n) is 2.41. The standard InChI is InChI=1S/C11H11F3N4/c12-11(13,14)9-5-17-18(6-9)7-10-2-1-8(3-15)4-16-10/h1-2,4-6H,3,7,15H2. The van der Waals surface area contributed by atoms with Crippen LogP contribution in [0, 0.1) is 0 Å². The number of alkyl halides is 3. The predicted octanol–water partition coefficient (Wildman–Crippen LogP) is 1.80. The summed E-state index contributed by atoms with van der Waals surface area (Å²) in [6.07, 6.45) is -1.01. The van der Waals surface area contributed by atoms with Crippen LogP contribution in [-0.2, 0) is 19.3 Å². The van der Waals surface area contributed by atoms with Gasteiger partial charge in [0.05, 0.1) is 24.0 Å². The summed E-state index contributed by atoms with van der Waals surface area (Å²) in [5.41, 5.74) is 6.16. The van der Waals surface area contributed by atoms with E-state index in [4.69, 9.17) is 5.73 Å². The maximum atomic E-state index is 12.4. The normalized spacial score (nSPS) is 11.8. The van der Waals surface area contributed by atoms with Crippen molar-refractivity contribution in [2.45, 2.75) is 19.3 Å². The van der Waals surface area contributed by atoms with Crippen molar-refractivity contribution in [3.8, 4) is 0 Å². The average molecular weight is 256 g/mol. The van der Waals surface area contributed by atoms with E-state index in [1.54, 1.807) is 18.3 Å². The lowest BCUT2D eigenvalue weighted by molar-refractivity contribution is -0.137. The summed E-state index contributed by atoms with van der Waals surface area (Å²) in [7, 11) is 0. The molecule has 0 amide bonds. The molecule has 0 bridgehead atoms. The Bertz CT molecular complexity index is 516. The Labute approximate surface area is 101 Å². The van der Waals surface area contributed by atoms with Gasteiger partial charge in [0, 0.05) is 18.9 Å². The first-order valence-electron chi connectivity index (χ1n) is 5.22. The van der Waals surface area contributed by atoms with E-state index in [-0.39, 0.29) is 6.54 Å². The molecule has 4 nitrogen and oxygen atoms in total. The molecule has 0 unspecified atom stereocenters. The second-order valence-corrected chi connectivity index (χ2v) is 3.79. The van der Waals surface area contributed by atoms with Crippen LogP contribution in [0.1, 0.15) is 16.8 Å². The van der Waals surface area contributed by atoms with Crippen LogP contribution in [-0.4, -0.2) is 14.8 Å². The van der Waals surface area contributed by atoms with E-state index in [0.717, 1.165) is 18.0 Å². The van der Waals surface area contributed by atoms with Crippen molar-refractivity contribution >= 4 is 0 Å². The Balaban J connectivity index is 2.11. The van der Waals surface area contributed by atoms with Gasteiger partial charge in [-0.25, -0.2) is 0 Å². The van der Waals surface area contributed by atoms with Crippen LogP contribution in [0.2, 0.25) is 0 Å². The molecule has 2 aromatic heterocycles. The van der Waals surface area contributed by atoms with Gasteiger partial charge < -0.3 is 5.73 Å². The van der Waals surface area contributed by atoms with Crippen LogP contribution in [0.15, 0.2) is 30.7 Å². The molecule has 0 saturated carbocycles. The van der Waals surface area contributed by atoms with E-state index in [0.29, 0.717) is 12.2 Å². The van der Waals surface area contributed by atoms with Crippen LogP contribution < -0.4 is 5.73 Å². The third-order valence-corrected chi connectivity index (χ3v) is 2.41. The van der Waals surface area contributed by atoms with Crippen LogP contribution >= 0.6 is 0 Å². The van der Waals surface area contributed by atoms with Crippen molar-refractivity contribution in [2.75, 3.05) is 0 Å². The zero-order chi connectivity index (χ0) is 13.2. The minimum atomic E-state index is -4.37. The minimum Gasteiger partial charge on any atom is -0.326 e. The van der Waals surface area contributed by atoms with E-state index in [1.165, 1.54) is 4.68 Å². The van der Waals surface area contributed by atoms with E-state index in [1.807, 2.05) is 0 Å². The molecule has 0 atom stereocenters. The monoisotopic (exact) mass is 256 g/mol. The van der Waals surface area contributed by atoms with Crippen LogP contribution in [0.5, 0.6) is 0 Å². The van der Waals surface area contributed by atoms with Crippen molar-refractivity contribution in [1.82, 2.24) is 14.8 Å². The highest BCUT2D eigenvalue weighted by atomic mass is 19.4. The number of pyridine rings is 1. The van der Waals surface area contributed by atoms with E-state index >= 15 is 0 Å². The van der Waals surface area contributed by atoms with Crippen molar-refractivity contribution < 1.29 is 13.2 Å². The fourth-order valence-corrected chi connectivity index (χ4v) is 1.43. The SMILES string of the molecule is NCc1ccc(Cn2cc(C(F)(F)F)cn2)nc1. The van der Waals surface area contributed by atoms with Gasteiger partial charge in [0.15, 0.2) is 0 Å². The van der Waals surface area contributed by atoms with Crippen molar-refractivity contribution in [1.29, 1.82) is 0 Å². The van der Waals surface area contributed by atoms with E-state index < -0.39 is 11.7 Å². The molecule has 2 N–H and O–H groups in total. The number of nitrogens with zero attached hydrogens (tertiary/aromatic N) is 3. The van der Waals surface area contributed by atoms with Crippen LogP contribution in [0.3, 0.4) is 0 Å². The smallest absolute Gasteiger partial charge is 0.326 e. The Hall–Kier alpha value is -1.89. The average Bonchev–Trinajstić information content (AvgIpc) is 2.78. The molecular weight excluding hydrogens is 245 g/mol. The number of hydrogen-bond donors (Lipinski definition) is 1. The maximum Gasteiger partial charge on any atom is 0.419 e. The number of aromatic nitrogens is 3. The van der Waals surface area contributed by atoms with Crippen LogP contribution in [0.25, 0.3) is 0 Å². The molecule has 0 radical (unpaired) electrons. The lowest BCUT2D eigenvalue weighted by Gasteiger charge is -2.03. The molecule has 0 aliphatic rings. The molecule has 0 fully saturated rings. The zero-order valence-corrected chi connectivity index (χ0v) is 9.35. The molecule has 0 saturated heterocycles. The number of nitrogens with two attached hydrogens (primary N) is 1. The van der Waals surface area contributed by atoms with Gasteiger partial charge in [-0.3, -0.25) is 9.67 Å².